The second kappa shape index (κ2) is 7.50. The van der Waals surface area contributed by atoms with Gasteiger partial charge in [0, 0.05) is 50.7 Å². The molecule has 6 heteroatoms. The maximum atomic E-state index is 13.1. The summed E-state index contributed by atoms with van der Waals surface area (Å²) in [5.41, 5.74) is 1.80. The predicted octanol–water partition coefficient (Wildman–Crippen LogP) is 1.95. The van der Waals surface area contributed by atoms with Gasteiger partial charge in [-0.1, -0.05) is 19.1 Å². The lowest BCUT2D eigenvalue weighted by Crippen LogP contribution is -2.51. The van der Waals surface area contributed by atoms with Crippen LogP contribution in [0.25, 0.3) is 0 Å². The van der Waals surface area contributed by atoms with Crippen molar-refractivity contribution in [3.8, 4) is 5.75 Å². The van der Waals surface area contributed by atoms with Gasteiger partial charge in [0.25, 0.3) is 5.91 Å². The van der Waals surface area contributed by atoms with Crippen molar-refractivity contribution in [3.05, 3.63) is 29.3 Å². The molecule has 0 aromatic heterocycles. The molecule has 1 aromatic rings. The summed E-state index contributed by atoms with van der Waals surface area (Å²) in [5, 5.41) is 0. The van der Waals surface area contributed by atoms with E-state index in [0.717, 1.165) is 50.3 Å². The van der Waals surface area contributed by atoms with Crippen molar-refractivity contribution in [1.82, 2.24) is 14.7 Å². The molecule has 2 amide bonds. The molecule has 0 radical (unpaired) electrons. The van der Waals surface area contributed by atoms with Crippen molar-refractivity contribution in [2.24, 2.45) is 0 Å². The Balaban J connectivity index is 1.36. The van der Waals surface area contributed by atoms with E-state index >= 15 is 0 Å². The first-order valence-electron chi connectivity index (χ1n) is 10.1. The van der Waals surface area contributed by atoms with E-state index in [-0.39, 0.29) is 17.9 Å². The first-order valence-corrected chi connectivity index (χ1v) is 10.1. The van der Waals surface area contributed by atoms with Crippen LogP contribution < -0.4 is 4.74 Å². The third kappa shape index (κ3) is 3.55. The van der Waals surface area contributed by atoms with Gasteiger partial charge in [-0.15, -0.1) is 0 Å². The molecule has 0 unspecified atom stereocenters. The van der Waals surface area contributed by atoms with Gasteiger partial charge >= 0.3 is 0 Å². The number of piperazine rings is 1. The summed E-state index contributed by atoms with van der Waals surface area (Å²) in [5.74, 6) is 1.33. The number of carbonyl (C=O) groups excluding carboxylic acids is 2. The number of fused-ring (bicyclic) bond motifs is 1. The number of carbonyl (C=O) groups is 2. The average Bonchev–Trinajstić information content (AvgIpc) is 3.31. The average molecular weight is 371 g/mol. The van der Waals surface area contributed by atoms with Crippen LogP contribution in [0.2, 0.25) is 0 Å². The van der Waals surface area contributed by atoms with Gasteiger partial charge in [0.05, 0.1) is 12.1 Å². The lowest BCUT2D eigenvalue weighted by atomic mass is 9.96. The van der Waals surface area contributed by atoms with E-state index in [9.17, 15) is 9.59 Å². The lowest BCUT2D eigenvalue weighted by molar-refractivity contribution is -0.131. The minimum absolute atomic E-state index is 0.0404. The summed E-state index contributed by atoms with van der Waals surface area (Å²) >= 11 is 0. The van der Waals surface area contributed by atoms with Crippen LogP contribution >= 0.6 is 0 Å². The zero-order valence-corrected chi connectivity index (χ0v) is 16.3. The molecule has 2 fully saturated rings. The number of ether oxygens (including phenoxy) is 1. The van der Waals surface area contributed by atoms with Gasteiger partial charge in [-0.25, -0.2) is 0 Å². The Hall–Kier alpha value is -2.08. The van der Waals surface area contributed by atoms with Gasteiger partial charge < -0.3 is 14.5 Å². The number of nitrogens with zero attached hydrogens (tertiary/aromatic N) is 3. The van der Waals surface area contributed by atoms with E-state index < -0.39 is 0 Å². The molecule has 1 aromatic carbocycles. The topological polar surface area (TPSA) is 53.1 Å². The van der Waals surface area contributed by atoms with Gasteiger partial charge in [0.1, 0.15) is 11.9 Å². The summed E-state index contributed by atoms with van der Waals surface area (Å²) in [6.45, 7) is 9.25. The van der Waals surface area contributed by atoms with Gasteiger partial charge in [-0.2, -0.15) is 0 Å². The summed E-state index contributed by atoms with van der Waals surface area (Å²) in [6.07, 6.45) is 2.34. The fourth-order valence-corrected chi connectivity index (χ4v) is 4.29. The second-order valence-electron chi connectivity index (χ2n) is 7.99. The highest BCUT2D eigenvalue weighted by Crippen LogP contribution is 2.40. The van der Waals surface area contributed by atoms with Crippen molar-refractivity contribution < 1.29 is 14.3 Å². The second-order valence-corrected chi connectivity index (χ2v) is 7.99. The summed E-state index contributed by atoms with van der Waals surface area (Å²) in [4.78, 5) is 31.4. The Labute approximate surface area is 161 Å². The standard InChI is InChI=1S/C21H29N3O3/c1-15-16(2)27-20-17(15)6-5-7-18(20)21(26)24-12-10-22(11-13-24)14-19(25)23-8-3-4-9-23/h5-7,15-16H,3-4,8-14H2,1-2H3/t15-,16+/m1/s1. The molecule has 2 saturated heterocycles. The SMILES string of the molecule is C[C@@H]1Oc2c(C(=O)N3CCN(CC(=O)N4CCCC4)CC3)cccc2[C@@H]1C. The van der Waals surface area contributed by atoms with Crippen molar-refractivity contribution in [3.63, 3.8) is 0 Å². The third-order valence-electron chi connectivity index (χ3n) is 6.25. The fourth-order valence-electron chi connectivity index (χ4n) is 4.29. The number of hydrogen-bond acceptors (Lipinski definition) is 4. The van der Waals surface area contributed by atoms with Crippen LogP contribution in [0.3, 0.4) is 0 Å². The molecule has 0 N–H and O–H groups in total. The Morgan fingerprint density at radius 3 is 2.41 bits per heavy atom. The first kappa shape index (κ1) is 18.3. The summed E-state index contributed by atoms with van der Waals surface area (Å²) in [7, 11) is 0. The zero-order chi connectivity index (χ0) is 19.0. The molecule has 0 bridgehead atoms. The number of benzene rings is 1. The van der Waals surface area contributed by atoms with Crippen LogP contribution in [0, 0.1) is 0 Å². The fraction of sp³-hybridized carbons (Fsp3) is 0.619. The molecule has 4 rings (SSSR count). The minimum atomic E-state index is 0.0404. The number of hydrogen-bond donors (Lipinski definition) is 0. The Kier molecular flexibility index (Phi) is 5.08. The molecule has 3 aliphatic rings. The Morgan fingerprint density at radius 2 is 1.70 bits per heavy atom. The molecular weight excluding hydrogens is 342 g/mol. The van der Waals surface area contributed by atoms with Gasteiger partial charge in [-0.3, -0.25) is 14.5 Å². The van der Waals surface area contributed by atoms with Crippen LogP contribution in [0.5, 0.6) is 5.75 Å². The van der Waals surface area contributed by atoms with E-state index in [1.54, 1.807) is 0 Å². The van der Waals surface area contributed by atoms with Crippen molar-refractivity contribution in [1.29, 1.82) is 0 Å². The van der Waals surface area contributed by atoms with E-state index in [2.05, 4.69) is 24.8 Å². The lowest BCUT2D eigenvalue weighted by Gasteiger charge is -2.35. The van der Waals surface area contributed by atoms with Gasteiger partial charge in [-0.05, 0) is 25.8 Å². The molecular formula is C21H29N3O3. The van der Waals surface area contributed by atoms with Crippen LogP contribution in [0.15, 0.2) is 18.2 Å². The van der Waals surface area contributed by atoms with Crippen molar-refractivity contribution in [2.75, 3.05) is 45.8 Å². The summed E-state index contributed by atoms with van der Waals surface area (Å²) < 4.78 is 5.98. The molecule has 2 atom stereocenters. The number of amides is 2. The zero-order valence-electron chi connectivity index (χ0n) is 16.3. The number of rotatable bonds is 3. The van der Waals surface area contributed by atoms with Crippen LogP contribution in [0.1, 0.15) is 48.5 Å². The maximum absolute atomic E-state index is 13.1. The van der Waals surface area contributed by atoms with E-state index in [0.29, 0.717) is 31.1 Å². The monoisotopic (exact) mass is 371 g/mol. The van der Waals surface area contributed by atoms with Crippen LogP contribution in [0.4, 0.5) is 0 Å². The minimum Gasteiger partial charge on any atom is -0.489 e. The van der Waals surface area contributed by atoms with Crippen molar-refractivity contribution in [2.45, 2.75) is 38.7 Å². The maximum Gasteiger partial charge on any atom is 0.257 e. The van der Waals surface area contributed by atoms with E-state index in [4.69, 9.17) is 4.74 Å². The predicted molar refractivity (Wildman–Crippen MR) is 103 cm³/mol. The number of likely N-dealkylation sites (tertiary alicyclic amines) is 1. The normalized spacial score (nSPS) is 25.4. The van der Waals surface area contributed by atoms with Crippen LogP contribution in [-0.2, 0) is 4.79 Å². The van der Waals surface area contributed by atoms with E-state index in [1.165, 1.54) is 0 Å². The molecule has 0 aliphatic carbocycles. The van der Waals surface area contributed by atoms with Gasteiger partial charge in [0.2, 0.25) is 5.91 Å². The quantitative estimate of drug-likeness (QED) is 0.815. The molecule has 0 saturated carbocycles. The third-order valence-corrected chi connectivity index (χ3v) is 6.25. The Bertz CT molecular complexity index is 721. The van der Waals surface area contributed by atoms with Crippen LogP contribution in [-0.4, -0.2) is 78.4 Å². The molecule has 3 aliphatic heterocycles. The highest BCUT2D eigenvalue weighted by molar-refractivity contribution is 5.97. The van der Waals surface area contributed by atoms with E-state index in [1.807, 2.05) is 21.9 Å². The summed E-state index contributed by atoms with van der Waals surface area (Å²) in [6, 6.07) is 5.88. The highest BCUT2D eigenvalue weighted by atomic mass is 16.5. The Morgan fingerprint density at radius 1 is 1.00 bits per heavy atom. The first-order chi connectivity index (χ1) is 13.0. The molecule has 0 spiro atoms. The molecule has 6 nitrogen and oxygen atoms in total. The van der Waals surface area contributed by atoms with Crippen molar-refractivity contribution >= 4 is 11.8 Å². The highest BCUT2D eigenvalue weighted by Gasteiger charge is 2.33. The molecule has 146 valence electrons. The molecule has 27 heavy (non-hydrogen) atoms. The number of para-hydroxylation sites is 1. The molecule has 3 heterocycles. The van der Waals surface area contributed by atoms with Gasteiger partial charge in [0.15, 0.2) is 0 Å². The smallest absolute Gasteiger partial charge is 0.257 e. The largest absolute Gasteiger partial charge is 0.489 e.